The molecule has 0 N–H and O–H groups in total. The van der Waals surface area contributed by atoms with E-state index in [0.717, 1.165) is 12.1 Å². The third kappa shape index (κ3) is 3.02. The summed E-state index contributed by atoms with van der Waals surface area (Å²) in [6.07, 6.45) is 3.04. The van der Waals surface area contributed by atoms with Crippen molar-refractivity contribution in [3.63, 3.8) is 0 Å². The summed E-state index contributed by atoms with van der Waals surface area (Å²) in [5.74, 6) is 1.37. The first-order valence-electron chi connectivity index (χ1n) is 9.01. The summed E-state index contributed by atoms with van der Waals surface area (Å²) in [6.45, 7) is 7.24. The van der Waals surface area contributed by atoms with E-state index in [0.29, 0.717) is 41.5 Å². The van der Waals surface area contributed by atoms with Gasteiger partial charge in [-0.15, -0.1) is 0 Å². The molecular formula is C18H21N5O4S. The third-order valence-electron chi connectivity index (χ3n) is 4.89. The summed E-state index contributed by atoms with van der Waals surface area (Å²) in [7, 11) is -3.79. The molecule has 3 aromatic heterocycles. The van der Waals surface area contributed by atoms with Crippen molar-refractivity contribution in [2.45, 2.75) is 51.5 Å². The van der Waals surface area contributed by atoms with Crippen molar-refractivity contribution in [3.05, 3.63) is 40.9 Å². The van der Waals surface area contributed by atoms with Gasteiger partial charge in [0.25, 0.3) is 0 Å². The van der Waals surface area contributed by atoms with Gasteiger partial charge >= 0.3 is 0 Å². The minimum atomic E-state index is -3.79. The number of nitrogens with zero attached hydrogens (tertiary/aromatic N) is 5. The van der Waals surface area contributed by atoms with Crippen LogP contribution in [0.5, 0.6) is 0 Å². The lowest BCUT2D eigenvalue weighted by atomic mass is 10.0. The van der Waals surface area contributed by atoms with E-state index in [-0.39, 0.29) is 10.7 Å². The van der Waals surface area contributed by atoms with E-state index in [1.54, 1.807) is 33.0 Å². The fourth-order valence-electron chi connectivity index (χ4n) is 3.68. The summed E-state index contributed by atoms with van der Waals surface area (Å²) in [5, 5.41) is 7.74. The van der Waals surface area contributed by atoms with Crippen LogP contribution in [0.4, 0.5) is 0 Å². The minimum absolute atomic E-state index is 0.127. The molecule has 0 aliphatic carbocycles. The Bertz CT molecular complexity index is 1120. The lowest BCUT2D eigenvalue weighted by Crippen LogP contribution is -2.32. The summed E-state index contributed by atoms with van der Waals surface area (Å²) in [6, 6.07) is 1.36. The van der Waals surface area contributed by atoms with Crippen LogP contribution in [0, 0.1) is 27.7 Å². The summed E-state index contributed by atoms with van der Waals surface area (Å²) >= 11 is 0. The fraction of sp³-hybridized carbons (Fsp3) is 0.444. The summed E-state index contributed by atoms with van der Waals surface area (Å²) in [5.41, 5.74) is 2.36. The maximum atomic E-state index is 13.4. The van der Waals surface area contributed by atoms with E-state index in [2.05, 4.69) is 20.3 Å². The topological polar surface area (TPSA) is 115 Å². The van der Waals surface area contributed by atoms with E-state index in [4.69, 9.17) is 9.05 Å². The largest absolute Gasteiger partial charge is 0.360 e. The maximum absolute atomic E-state index is 13.4. The highest BCUT2D eigenvalue weighted by molar-refractivity contribution is 7.89. The quantitative estimate of drug-likeness (QED) is 0.653. The average molecular weight is 403 g/mol. The van der Waals surface area contributed by atoms with Crippen LogP contribution < -0.4 is 0 Å². The molecule has 0 radical (unpaired) electrons. The molecule has 10 heteroatoms. The van der Waals surface area contributed by atoms with Gasteiger partial charge in [0.1, 0.15) is 16.4 Å². The van der Waals surface area contributed by atoms with Gasteiger partial charge in [-0.05, 0) is 40.5 Å². The van der Waals surface area contributed by atoms with Crippen molar-refractivity contribution in [1.82, 2.24) is 24.6 Å². The average Bonchev–Trinajstić information content (AvgIpc) is 3.35. The number of rotatable bonds is 4. The Morgan fingerprint density at radius 1 is 1.14 bits per heavy atom. The monoisotopic (exact) mass is 403 g/mol. The molecule has 0 amide bonds. The molecule has 28 heavy (non-hydrogen) atoms. The van der Waals surface area contributed by atoms with Crippen molar-refractivity contribution in [2.75, 3.05) is 6.54 Å². The van der Waals surface area contributed by atoms with Gasteiger partial charge in [0.05, 0.1) is 23.0 Å². The van der Waals surface area contributed by atoms with Crippen LogP contribution in [0.25, 0.3) is 11.3 Å². The van der Waals surface area contributed by atoms with Crippen LogP contribution in [0.2, 0.25) is 0 Å². The zero-order chi connectivity index (χ0) is 20.1. The van der Waals surface area contributed by atoms with E-state index in [1.807, 2.05) is 6.92 Å². The Balaban J connectivity index is 1.83. The Kier molecular flexibility index (Phi) is 4.54. The molecule has 1 aliphatic heterocycles. The molecule has 1 fully saturated rings. The molecule has 148 valence electrons. The smallest absolute Gasteiger partial charge is 0.249 e. The zero-order valence-electron chi connectivity index (χ0n) is 16.1. The van der Waals surface area contributed by atoms with Gasteiger partial charge in [0, 0.05) is 18.8 Å². The minimum Gasteiger partial charge on any atom is -0.360 e. The van der Waals surface area contributed by atoms with E-state index < -0.39 is 16.1 Å². The number of hydrogen-bond acceptors (Lipinski definition) is 8. The standard InChI is InChI=1S/C18H21N5O4S/c1-10-8-16(27-21-10)14-9-19-13(4)20-17(14)15-6-5-7-23(15)28(24,25)18-11(2)22-26-12(18)3/h8-9,15H,5-7H2,1-4H3. The van der Waals surface area contributed by atoms with Crippen LogP contribution in [-0.4, -0.2) is 39.5 Å². The molecule has 0 saturated carbocycles. The highest BCUT2D eigenvalue weighted by Crippen LogP contribution is 2.40. The van der Waals surface area contributed by atoms with Crippen molar-refractivity contribution in [2.24, 2.45) is 0 Å². The SMILES string of the molecule is Cc1cc(-c2cnc(C)nc2C2CCCN2S(=O)(=O)c2c(C)noc2C)on1. The first kappa shape index (κ1) is 18.8. The van der Waals surface area contributed by atoms with Gasteiger partial charge in [-0.25, -0.2) is 18.4 Å². The molecule has 3 aromatic rings. The lowest BCUT2D eigenvalue weighted by molar-refractivity contribution is 0.380. The van der Waals surface area contributed by atoms with Gasteiger partial charge in [0.2, 0.25) is 10.0 Å². The molecule has 4 heterocycles. The van der Waals surface area contributed by atoms with Gasteiger partial charge in [0.15, 0.2) is 11.5 Å². The van der Waals surface area contributed by atoms with E-state index >= 15 is 0 Å². The van der Waals surface area contributed by atoms with Crippen LogP contribution in [0.1, 0.15) is 47.5 Å². The first-order valence-corrected chi connectivity index (χ1v) is 10.4. The van der Waals surface area contributed by atoms with Crippen LogP contribution in [0.3, 0.4) is 0 Å². The predicted molar refractivity (Wildman–Crippen MR) is 98.8 cm³/mol. The summed E-state index contributed by atoms with van der Waals surface area (Å²) in [4.78, 5) is 8.98. The second kappa shape index (κ2) is 6.78. The molecule has 1 aliphatic rings. The molecule has 9 nitrogen and oxygen atoms in total. The Hall–Kier alpha value is -2.59. The molecule has 4 rings (SSSR count). The van der Waals surface area contributed by atoms with Gasteiger partial charge in [-0.3, -0.25) is 0 Å². The van der Waals surface area contributed by atoms with Crippen LogP contribution in [-0.2, 0) is 10.0 Å². The number of hydrogen-bond donors (Lipinski definition) is 0. The number of sulfonamides is 1. The van der Waals surface area contributed by atoms with Crippen molar-refractivity contribution in [1.29, 1.82) is 0 Å². The first-order chi connectivity index (χ1) is 13.3. The normalized spacial score (nSPS) is 18.1. The molecule has 0 spiro atoms. The van der Waals surface area contributed by atoms with Crippen LogP contribution >= 0.6 is 0 Å². The Labute approximate surface area is 162 Å². The molecule has 0 aromatic carbocycles. The van der Waals surface area contributed by atoms with Gasteiger partial charge in [-0.1, -0.05) is 10.3 Å². The van der Waals surface area contributed by atoms with Crippen molar-refractivity contribution < 1.29 is 17.5 Å². The van der Waals surface area contributed by atoms with Gasteiger partial charge in [-0.2, -0.15) is 4.31 Å². The zero-order valence-corrected chi connectivity index (χ0v) is 16.9. The fourth-order valence-corrected chi connectivity index (χ4v) is 5.64. The van der Waals surface area contributed by atoms with Crippen LogP contribution in [0.15, 0.2) is 26.2 Å². The van der Waals surface area contributed by atoms with E-state index in [9.17, 15) is 8.42 Å². The number of aryl methyl sites for hydroxylation is 4. The maximum Gasteiger partial charge on any atom is 0.249 e. The molecular weight excluding hydrogens is 382 g/mol. The summed E-state index contributed by atoms with van der Waals surface area (Å²) < 4.78 is 38.8. The molecule has 0 bridgehead atoms. The highest BCUT2D eigenvalue weighted by atomic mass is 32.2. The molecule has 1 unspecified atom stereocenters. The Morgan fingerprint density at radius 2 is 1.93 bits per heavy atom. The van der Waals surface area contributed by atoms with E-state index in [1.165, 1.54) is 4.31 Å². The Morgan fingerprint density at radius 3 is 2.57 bits per heavy atom. The van der Waals surface area contributed by atoms with Crippen molar-refractivity contribution >= 4 is 10.0 Å². The van der Waals surface area contributed by atoms with Gasteiger partial charge < -0.3 is 9.05 Å². The molecule has 1 saturated heterocycles. The third-order valence-corrected chi connectivity index (χ3v) is 7.04. The second-order valence-corrected chi connectivity index (χ2v) is 8.80. The highest BCUT2D eigenvalue weighted by Gasteiger charge is 2.41. The lowest BCUT2D eigenvalue weighted by Gasteiger charge is -2.24. The second-order valence-electron chi connectivity index (χ2n) is 6.98. The van der Waals surface area contributed by atoms with Crippen molar-refractivity contribution in [3.8, 4) is 11.3 Å². The predicted octanol–water partition coefficient (Wildman–Crippen LogP) is 2.88. The number of aromatic nitrogens is 4. The molecule has 1 atom stereocenters.